The maximum atomic E-state index is 11.5. The van der Waals surface area contributed by atoms with Crippen LogP contribution in [-0.2, 0) is 14.3 Å². The predicted molar refractivity (Wildman–Crippen MR) is 57.2 cm³/mol. The van der Waals surface area contributed by atoms with E-state index in [-0.39, 0.29) is 0 Å². The Kier molecular flexibility index (Phi) is 4.42. The minimum Gasteiger partial charge on any atom is -0.480 e. The summed E-state index contributed by atoms with van der Waals surface area (Å²) in [4.78, 5) is 22.0. The fraction of sp³-hybridized carbons (Fsp3) is 0.778. The molecule has 94 valence electrons. The molecule has 0 aliphatic rings. The van der Waals surface area contributed by atoms with Gasteiger partial charge in [0.05, 0.1) is 0 Å². The zero-order chi connectivity index (χ0) is 13.1. The first-order chi connectivity index (χ1) is 6.96. The quantitative estimate of drug-likeness (QED) is 0.351. The van der Waals surface area contributed by atoms with Gasteiger partial charge < -0.3 is 27.0 Å². The number of aliphatic carboxylic acids is 1. The lowest BCUT2D eigenvalue weighted by molar-refractivity contribution is -0.162. The molecule has 0 aromatic heterocycles. The molecule has 0 radical (unpaired) electrons. The van der Waals surface area contributed by atoms with E-state index in [0.29, 0.717) is 0 Å². The van der Waals surface area contributed by atoms with Crippen LogP contribution in [0.5, 0.6) is 0 Å². The summed E-state index contributed by atoms with van der Waals surface area (Å²) in [6.45, 7) is 4.95. The Balaban J connectivity index is 4.54. The lowest BCUT2D eigenvalue weighted by Crippen LogP contribution is -2.61. The van der Waals surface area contributed by atoms with Gasteiger partial charge in [0.2, 0.25) is 0 Å². The molecule has 0 bridgehead atoms. The van der Waals surface area contributed by atoms with Crippen LogP contribution in [0.25, 0.3) is 0 Å². The maximum absolute atomic E-state index is 11.5. The third kappa shape index (κ3) is 5.06. The highest BCUT2D eigenvalue weighted by molar-refractivity contribution is 5.82. The van der Waals surface area contributed by atoms with Gasteiger partial charge in [0.25, 0.3) is 0 Å². The predicted octanol–water partition coefficient (Wildman–Crippen LogP) is -1.26. The number of carboxylic acids is 1. The normalized spacial score (nSPS) is 14.4. The minimum atomic E-state index is -1.90. The van der Waals surface area contributed by atoms with Crippen LogP contribution >= 0.6 is 0 Å². The van der Waals surface area contributed by atoms with Crippen molar-refractivity contribution in [1.82, 2.24) is 0 Å². The van der Waals surface area contributed by atoms with Gasteiger partial charge in [-0.3, -0.25) is 4.79 Å². The van der Waals surface area contributed by atoms with Gasteiger partial charge in [-0.05, 0) is 20.8 Å². The summed E-state index contributed by atoms with van der Waals surface area (Å²) < 4.78 is 4.95. The van der Waals surface area contributed by atoms with E-state index in [1.165, 1.54) is 0 Å². The standard InChI is InChI=1S/C9H19N3O4/c1-8(2,3)16-7(15)9(11,12)4-5(10)6(13)14/h5H,4,10-12H2,1-3H3,(H,13,14). The Hall–Kier alpha value is -1.18. The average molecular weight is 233 g/mol. The van der Waals surface area contributed by atoms with Crippen molar-refractivity contribution in [1.29, 1.82) is 0 Å². The van der Waals surface area contributed by atoms with Crippen molar-refractivity contribution in [2.45, 2.75) is 44.5 Å². The van der Waals surface area contributed by atoms with Crippen molar-refractivity contribution in [2.75, 3.05) is 0 Å². The molecule has 0 amide bonds. The van der Waals surface area contributed by atoms with Crippen LogP contribution in [0.4, 0.5) is 0 Å². The molecule has 1 unspecified atom stereocenters. The fourth-order valence-electron chi connectivity index (χ4n) is 0.908. The Morgan fingerprint density at radius 1 is 1.31 bits per heavy atom. The molecule has 0 aromatic carbocycles. The molecule has 0 rings (SSSR count). The number of carbonyl (C=O) groups excluding carboxylic acids is 1. The number of rotatable bonds is 4. The number of carbonyl (C=O) groups is 2. The number of hydrogen-bond acceptors (Lipinski definition) is 6. The van der Waals surface area contributed by atoms with Crippen molar-refractivity contribution in [2.24, 2.45) is 17.2 Å². The van der Waals surface area contributed by atoms with Crippen molar-refractivity contribution >= 4 is 11.9 Å². The molecule has 0 saturated carbocycles. The highest BCUT2D eigenvalue weighted by atomic mass is 16.6. The van der Waals surface area contributed by atoms with Gasteiger partial charge in [0, 0.05) is 6.42 Å². The van der Waals surface area contributed by atoms with Gasteiger partial charge >= 0.3 is 11.9 Å². The highest BCUT2D eigenvalue weighted by Gasteiger charge is 2.37. The summed E-state index contributed by atoms with van der Waals surface area (Å²) in [5.41, 5.74) is 13.5. The fourth-order valence-corrected chi connectivity index (χ4v) is 0.908. The molecule has 0 aromatic rings. The van der Waals surface area contributed by atoms with E-state index >= 15 is 0 Å². The van der Waals surface area contributed by atoms with E-state index in [4.69, 9.17) is 27.0 Å². The van der Waals surface area contributed by atoms with Gasteiger partial charge in [-0.25, -0.2) is 4.79 Å². The molecule has 0 spiro atoms. The number of hydrogen-bond donors (Lipinski definition) is 4. The molecule has 0 aliphatic heterocycles. The SMILES string of the molecule is CC(C)(C)OC(=O)C(N)(N)CC(N)C(=O)O. The zero-order valence-corrected chi connectivity index (χ0v) is 9.69. The minimum absolute atomic E-state index is 0.392. The molecule has 0 saturated heterocycles. The highest BCUT2D eigenvalue weighted by Crippen LogP contribution is 2.13. The first-order valence-corrected chi connectivity index (χ1v) is 4.75. The third-order valence-electron chi connectivity index (χ3n) is 1.65. The van der Waals surface area contributed by atoms with Gasteiger partial charge in [0.1, 0.15) is 11.6 Å². The van der Waals surface area contributed by atoms with E-state index in [1.54, 1.807) is 20.8 Å². The monoisotopic (exact) mass is 233 g/mol. The number of esters is 1. The van der Waals surface area contributed by atoms with Crippen molar-refractivity contribution in [3.05, 3.63) is 0 Å². The first-order valence-electron chi connectivity index (χ1n) is 4.75. The summed E-state index contributed by atoms with van der Waals surface area (Å²) in [6.07, 6.45) is -0.392. The van der Waals surface area contributed by atoms with Crippen LogP contribution in [0.1, 0.15) is 27.2 Å². The van der Waals surface area contributed by atoms with E-state index in [0.717, 1.165) is 0 Å². The van der Waals surface area contributed by atoms with E-state index < -0.39 is 35.7 Å². The number of nitrogens with two attached hydrogens (primary N) is 3. The van der Waals surface area contributed by atoms with Crippen LogP contribution in [0.15, 0.2) is 0 Å². The average Bonchev–Trinajstić information content (AvgIpc) is 1.99. The van der Waals surface area contributed by atoms with E-state index in [2.05, 4.69) is 0 Å². The summed E-state index contributed by atoms with van der Waals surface area (Å²) in [5, 5.41) is 8.57. The van der Waals surface area contributed by atoms with Crippen molar-refractivity contribution < 1.29 is 19.4 Å². The summed E-state index contributed by atoms with van der Waals surface area (Å²) in [7, 11) is 0. The van der Waals surface area contributed by atoms with Crippen LogP contribution in [-0.4, -0.2) is 34.4 Å². The molecule has 16 heavy (non-hydrogen) atoms. The van der Waals surface area contributed by atoms with Crippen molar-refractivity contribution in [3.63, 3.8) is 0 Å². The zero-order valence-electron chi connectivity index (χ0n) is 9.69. The maximum Gasteiger partial charge on any atom is 0.341 e. The summed E-state index contributed by atoms with van der Waals surface area (Å²) >= 11 is 0. The first kappa shape index (κ1) is 14.8. The van der Waals surface area contributed by atoms with Crippen LogP contribution < -0.4 is 17.2 Å². The summed E-state index contributed by atoms with van der Waals surface area (Å²) in [5.74, 6) is -2.15. The molecule has 0 fully saturated rings. The van der Waals surface area contributed by atoms with Crippen molar-refractivity contribution in [3.8, 4) is 0 Å². The Morgan fingerprint density at radius 2 is 1.75 bits per heavy atom. The molecule has 7 N–H and O–H groups in total. The lowest BCUT2D eigenvalue weighted by atomic mass is 10.0. The molecular weight excluding hydrogens is 214 g/mol. The van der Waals surface area contributed by atoms with Gasteiger partial charge in [-0.15, -0.1) is 0 Å². The smallest absolute Gasteiger partial charge is 0.341 e. The number of ether oxygens (including phenoxy) is 1. The molecule has 1 atom stereocenters. The second kappa shape index (κ2) is 4.77. The number of carboxylic acid groups (broad SMARTS) is 1. The largest absolute Gasteiger partial charge is 0.480 e. The van der Waals surface area contributed by atoms with E-state index in [1.807, 2.05) is 0 Å². The Bertz CT molecular complexity index is 283. The topological polar surface area (TPSA) is 142 Å². The summed E-state index contributed by atoms with van der Waals surface area (Å²) in [6, 6.07) is -1.30. The third-order valence-corrected chi connectivity index (χ3v) is 1.65. The van der Waals surface area contributed by atoms with Gasteiger partial charge in [-0.2, -0.15) is 0 Å². The van der Waals surface area contributed by atoms with Crippen LogP contribution in [0.2, 0.25) is 0 Å². The van der Waals surface area contributed by atoms with Gasteiger partial charge in [0.15, 0.2) is 5.66 Å². The molecule has 0 heterocycles. The van der Waals surface area contributed by atoms with Crippen LogP contribution in [0.3, 0.4) is 0 Å². The van der Waals surface area contributed by atoms with Gasteiger partial charge in [-0.1, -0.05) is 0 Å². The van der Waals surface area contributed by atoms with Crippen LogP contribution in [0, 0.1) is 0 Å². The Morgan fingerprint density at radius 3 is 2.06 bits per heavy atom. The van der Waals surface area contributed by atoms with E-state index in [9.17, 15) is 9.59 Å². The molecule has 7 nitrogen and oxygen atoms in total. The molecular formula is C9H19N3O4. The molecule has 7 heteroatoms. The second-order valence-corrected chi connectivity index (χ2v) is 4.69. The Labute approximate surface area is 93.9 Å². The lowest BCUT2D eigenvalue weighted by Gasteiger charge is -2.28. The molecule has 0 aliphatic carbocycles. The second-order valence-electron chi connectivity index (χ2n) is 4.69.